The molecule has 0 aliphatic rings. The van der Waals surface area contributed by atoms with Crippen molar-refractivity contribution in [3.05, 3.63) is 90.2 Å². The molecule has 0 saturated carbocycles. The summed E-state index contributed by atoms with van der Waals surface area (Å²) in [4.78, 5) is 11.4. The van der Waals surface area contributed by atoms with Gasteiger partial charge in [-0.05, 0) is 36.7 Å². The SMILES string of the molecule is O=C(O)c1cc(F)ccc1NCP(c1ccccc1)c1ccccc1. The summed E-state index contributed by atoms with van der Waals surface area (Å²) in [5, 5.41) is 14.9. The van der Waals surface area contributed by atoms with Gasteiger partial charge >= 0.3 is 5.97 Å². The minimum absolute atomic E-state index is 0.0592. The predicted octanol–water partition coefficient (Wildman–Crippen LogP) is 4.03. The van der Waals surface area contributed by atoms with Crippen LogP contribution in [-0.4, -0.2) is 17.4 Å². The minimum Gasteiger partial charge on any atom is -0.478 e. The summed E-state index contributed by atoms with van der Waals surface area (Å²) in [6.07, 6.45) is 0.565. The van der Waals surface area contributed by atoms with Crippen LogP contribution in [0.2, 0.25) is 0 Å². The summed E-state index contributed by atoms with van der Waals surface area (Å²) in [6, 6.07) is 24.0. The summed E-state index contributed by atoms with van der Waals surface area (Å²) in [5.74, 6) is -1.71. The molecule has 3 aromatic carbocycles. The molecule has 0 atom stereocenters. The third kappa shape index (κ3) is 4.23. The molecule has 0 unspecified atom stereocenters. The maximum absolute atomic E-state index is 13.3. The lowest BCUT2D eigenvalue weighted by molar-refractivity contribution is 0.0697. The van der Waals surface area contributed by atoms with Crippen molar-refractivity contribution in [2.24, 2.45) is 0 Å². The Hall–Kier alpha value is -2.71. The molecule has 25 heavy (non-hydrogen) atoms. The molecule has 2 N–H and O–H groups in total. The summed E-state index contributed by atoms with van der Waals surface area (Å²) in [5.41, 5.74) is 0.365. The summed E-state index contributed by atoms with van der Waals surface area (Å²) in [6.45, 7) is 0. The van der Waals surface area contributed by atoms with Crippen LogP contribution in [0.5, 0.6) is 0 Å². The molecule has 0 amide bonds. The Bertz CT molecular complexity index is 817. The van der Waals surface area contributed by atoms with Crippen molar-refractivity contribution in [2.45, 2.75) is 0 Å². The van der Waals surface area contributed by atoms with E-state index < -0.39 is 19.7 Å². The quantitative estimate of drug-likeness (QED) is 0.658. The third-order valence-electron chi connectivity index (χ3n) is 3.78. The zero-order valence-corrected chi connectivity index (χ0v) is 14.3. The highest BCUT2D eigenvalue weighted by molar-refractivity contribution is 7.73. The zero-order valence-electron chi connectivity index (χ0n) is 13.4. The maximum atomic E-state index is 13.3. The highest BCUT2D eigenvalue weighted by Gasteiger charge is 2.16. The first-order valence-electron chi connectivity index (χ1n) is 7.79. The second-order valence-electron chi connectivity index (χ2n) is 5.43. The molecule has 0 saturated heterocycles. The highest BCUT2D eigenvalue weighted by Crippen LogP contribution is 2.33. The van der Waals surface area contributed by atoms with Crippen LogP contribution in [0.15, 0.2) is 78.9 Å². The van der Waals surface area contributed by atoms with Crippen molar-refractivity contribution < 1.29 is 14.3 Å². The van der Waals surface area contributed by atoms with Crippen molar-refractivity contribution in [1.82, 2.24) is 0 Å². The van der Waals surface area contributed by atoms with E-state index in [0.717, 1.165) is 6.07 Å². The van der Waals surface area contributed by atoms with Crippen LogP contribution in [-0.2, 0) is 0 Å². The maximum Gasteiger partial charge on any atom is 0.337 e. The lowest BCUT2D eigenvalue weighted by atomic mass is 10.2. The number of carbonyl (C=O) groups is 1. The van der Waals surface area contributed by atoms with Gasteiger partial charge in [0.25, 0.3) is 0 Å². The van der Waals surface area contributed by atoms with Crippen LogP contribution < -0.4 is 15.9 Å². The smallest absolute Gasteiger partial charge is 0.337 e. The molecular weight excluding hydrogens is 336 g/mol. The first-order valence-corrected chi connectivity index (χ1v) is 9.32. The van der Waals surface area contributed by atoms with Crippen molar-refractivity contribution in [2.75, 3.05) is 11.6 Å². The lowest BCUT2D eigenvalue weighted by Gasteiger charge is -2.20. The Balaban J connectivity index is 1.89. The molecule has 3 aromatic rings. The number of anilines is 1. The van der Waals surface area contributed by atoms with E-state index in [0.29, 0.717) is 12.0 Å². The Morgan fingerprint density at radius 1 is 0.920 bits per heavy atom. The van der Waals surface area contributed by atoms with E-state index in [9.17, 15) is 14.3 Å². The molecule has 0 aromatic heterocycles. The first-order chi connectivity index (χ1) is 12.1. The summed E-state index contributed by atoms with van der Waals surface area (Å²) >= 11 is 0. The van der Waals surface area contributed by atoms with Crippen LogP contribution in [0, 0.1) is 5.82 Å². The number of nitrogens with one attached hydrogen (secondary N) is 1. The van der Waals surface area contributed by atoms with E-state index in [1.54, 1.807) is 0 Å². The molecule has 0 aliphatic heterocycles. The van der Waals surface area contributed by atoms with Gasteiger partial charge in [0.2, 0.25) is 0 Å². The molecule has 3 rings (SSSR count). The number of carboxylic acids is 1. The van der Waals surface area contributed by atoms with Gasteiger partial charge in [-0.15, -0.1) is 0 Å². The zero-order chi connectivity index (χ0) is 17.6. The normalized spacial score (nSPS) is 10.6. The average molecular weight is 353 g/mol. The second-order valence-corrected chi connectivity index (χ2v) is 7.63. The lowest BCUT2D eigenvalue weighted by Crippen LogP contribution is -2.18. The van der Waals surface area contributed by atoms with E-state index in [2.05, 4.69) is 29.6 Å². The fourth-order valence-corrected chi connectivity index (χ4v) is 4.62. The largest absolute Gasteiger partial charge is 0.478 e. The number of hydrogen-bond acceptors (Lipinski definition) is 2. The Labute approximate surface area is 146 Å². The van der Waals surface area contributed by atoms with Gasteiger partial charge in [0, 0.05) is 12.0 Å². The van der Waals surface area contributed by atoms with E-state index in [4.69, 9.17) is 0 Å². The average Bonchev–Trinajstić information content (AvgIpc) is 2.64. The van der Waals surface area contributed by atoms with Crippen molar-refractivity contribution in [3.8, 4) is 0 Å². The third-order valence-corrected chi connectivity index (χ3v) is 6.09. The summed E-state index contributed by atoms with van der Waals surface area (Å²) < 4.78 is 13.3. The Kier molecular flexibility index (Phi) is 5.42. The van der Waals surface area contributed by atoms with E-state index in [-0.39, 0.29) is 5.56 Å². The minimum atomic E-state index is -1.15. The molecule has 0 bridgehead atoms. The molecule has 0 spiro atoms. The summed E-state index contributed by atoms with van der Waals surface area (Å²) in [7, 11) is -0.712. The van der Waals surface area contributed by atoms with Crippen molar-refractivity contribution in [3.63, 3.8) is 0 Å². The van der Waals surface area contributed by atoms with Gasteiger partial charge in [-0.2, -0.15) is 0 Å². The molecule has 0 fully saturated rings. The molecule has 0 heterocycles. The Morgan fingerprint density at radius 3 is 2.00 bits per heavy atom. The van der Waals surface area contributed by atoms with Gasteiger partial charge in [-0.25, -0.2) is 9.18 Å². The van der Waals surface area contributed by atoms with Crippen LogP contribution in [0.25, 0.3) is 0 Å². The Morgan fingerprint density at radius 2 is 1.48 bits per heavy atom. The molecular formula is C20H17FNO2P. The van der Waals surface area contributed by atoms with E-state index >= 15 is 0 Å². The van der Waals surface area contributed by atoms with Crippen molar-refractivity contribution in [1.29, 1.82) is 0 Å². The van der Waals surface area contributed by atoms with Gasteiger partial charge in [-0.3, -0.25) is 0 Å². The molecule has 0 aliphatic carbocycles. The number of benzene rings is 3. The monoisotopic (exact) mass is 353 g/mol. The molecule has 0 radical (unpaired) electrons. The van der Waals surface area contributed by atoms with Gasteiger partial charge in [-0.1, -0.05) is 60.7 Å². The van der Waals surface area contributed by atoms with E-state index in [1.165, 1.54) is 22.7 Å². The van der Waals surface area contributed by atoms with Crippen molar-refractivity contribution >= 4 is 30.2 Å². The number of carboxylic acid groups (broad SMARTS) is 1. The van der Waals surface area contributed by atoms with Gasteiger partial charge in [0.1, 0.15) is 5.82 Å². The van der Waals surface area contributed by atoms with Crippen LogP contribution in [0.1, 0.15) is 10.4 Å². The van der Waals surface area contributed by atoms with Gasteiger partial charge < -0.3 is 10.4 Å². The number of aromatic carboxylic acids is 1. The number of rotatable bonds is 6. The number of hydrogen-bond donors (Lipinski definition) is 2. The standard InChI is InChI=1S/C20H17FNO2P/c21-15-11-12-19(18(13-15)20(23)24)22-14-25(16-7-3-1-4-8-16)17-9-5-2-6-10-17/h1-13,22H,14H2,(H,23,24). The molecule has 5 heteroatoms. The first kappa shape index (κ1) is 17.1. The van der Waals surface area contributed by atoms with Crippen LogP contribution >= 0.6 is 7.92 Å². The molecule has 126 valence electrons. The fraction of sp³-hybridized carbons (Fsp3) is 0.0500. The fourth-order valence-electron chi connectivity index (χ4n) is 2.56. The van der Waals surface area contributed by atoms with Gasteiger partial charge in [0.05, 0.1) is 5.56 Å². The molecule has 3 nitrogen and oxygen atoms in total. The topological polar surface area (TPSA) is 49.3 Å². The van der Waals surface area contributed by atoms with E-state index in [1.807, 2.05) is 36.4 Å². The number of halogens is 1. The van der Waals surface area contributed by atoms with Gasteiger partial charge in [0.15, 0.2) is 0 Å². The highest BCUT2D eigenvalue weighted by atomic mass is 31.1. The second kappa shape index (κ2) is 7.91. The predicted molar refractivity (Wildman–Crippen MR) is 101 cm³/mol. The van der Waals surface area contributed by atoms with Crippen LogP contribution in [0.3, 0.4) is 0 Å². The van der Waals surface area contributed by atoms with Crippen LogP contribution in [0.4, 0.5) is 10.1 Å².